The molecule has 1 amide bonds. The zero-order valence-corrected chi connectivity index (χ0v) is 13.9. The van der Waals surface area contributed by atoms with E-state index in [4.69, 9.17) is 0 Å². The van der Waals surface area contributed by atoms with Crippen molar-refractivity contribution >= 4 is 24.0 Å². The first-order valence-corrected chi connectivity index (χ1v) is 7.75. The Kier molecular flexibility index (Phi) is 5.29. The molecule has 2 bridgehead atoms. The van der Waals surface area contributed by atoms with Crippen LogP contribution < -0.4 is 16.2 Å². The second-order valence-corrected chi connectivity index (χ2v) is 6.52. The van der Waals surface area contributed by atoms with Crippen molar-refractivity contribution in [2.45, 2.75) is 51.1 Å². The molecule has 0 saturated carbocycles. The lowest BCUT2D eigenvalue weighted by Gasteiger charge is -2.28. The fraction of sp³-hybridized carbons (Fsp3) is 0.625. The molecular weight excluding hydrogens is 302 g/mol. The van der Waals surface area contributed by atoms with Crippen molar-refractivity contribution in [2.75, 3.05) is 5.32 Å². The SMILES string of the molecule is Cc1ccn(C)c(=O)c1NC(=O)CC1CC2CCC(C1)N2.Cl. The molecule has 0 radical (unpaired) electrons. The first-order chi connectivity index (χ1) is 10.0. The lowest BCUT2D eigenvalue weighted by atomic mass is 9.89. The van der Waals surface area contributed by atoms with Gasteiger partial charge in [-0.2, -0.15) is 0 Å². The minimum absolute atomic E-state index is 0. The lowest BCUT2D eigenvalue weighted by molar-refractivity contribution is -0.117. The molecule has 2 unspecified atom stereocenters. The van der Waals surface area contributed by atoms with Gasteiger partial charge < -0.3 is 15.2 Å². The van der Waals surface area contributed by atoms with Crippen LogP contribution in [-0.2, 0) is 11.8 Å². The molecular formula is C16H24ClN3O2. The van der Waals surface area contributed by atoms with Gasteiger partial charge in [-0.3, -0.25) is 9.59 Å². The van der Waals surface area contributed by atoms with Crippen LogP contribution in [0.15, 0.2) is 17.1 Å². The maximum Gasteiger partial charge on any atom is 0.274 e. The van der Waals surface area contributed by atoms with Crippen molar-refractivity contribution < 1.29 is 4.79 Å². The standard InChI is InChI=1S/C16H23N3O2.ClH/c1-10-5-6-19(2)16(21)15(10)18-14(20)9-11-7-12-3-4-13(8-11)17-12;/h5-6,11-13,17H,3-4,7-9H2,1-2H3,(H,18,20);1H. The number of carbonyl (C=O) groups excluding carboxylic acids is 1. The molecule has 122 valence electrons. The molecule has 2 aliphatic heterocycles. The number of aryl methyl sites for hydroxylation is 2. The van der Waals surface area contributed by atoms with E-state index in [0.717, 1.165) is 18.4 Å². The molecule has 0 spiro atoms. The summed E-state index contributed by atoms with van der Waals surface area (Å²) in [6, 6.07) is 3.03. The monoisotopic (exact) mass is 325 g/mol. The maximum atomic E-state index is 12.3. The van der Waals surface area contributed by atoms with Crippen LogP contribution in [-0.4, -0.2) is 22.6 Å². The van der Waals surface area contributed by atoms with Crippen LogP contribution >= 0.6 is 12.4 Å². The number of nitrogens with one attached hydrogen (secondary N) is 2. The molecule has 0 aliphatic carbocycles. The zero-order chi connectivity index (χ0) is 15.0. The molecule has 2 fully saturated rings. The Morgan fingerprint density at radius 1 is 1.36 bits per heavy atom. The quantitative estimate of drug-likeness (QED) is 0.893. The average molecular weight is 326 g/mol. The van der Waals surface area contributed by atoms with Crippen LogP contribution in [0, 0.1) is 12.8 Å². The summed E-state index contributed by atoms with van der Waals surface area (Å²) in [5, 5.41) is 6.41. The Bertz CT molecular complexity index is 602. The third kappa shape index (κ3) is 3.52. The fourth-order valence-corrected chi connectivity index (χ4v) is 3.67. The van der Waals surface area contributed by atoms with Crippen LogP contribution in [0.3, 0.4) is 0 Å². The van der Waals surface area contributed by atoms with Gasteiger partial charge in [-0.1, -0.05) is 0 Å². The Balaban J connectivity index is 0.00000176. The number of carbonyl (C=O) groups is 1. The molecule has 0 aromatic carbocycles. The highest BCUT2D eigenvalue weighted by Crippen LogP contribution is 2.32. The topological polar surface area (TPSA) is 63.1 Å². The van der Waals surface area contributed by atoms with Gasteiger partial charge in [0.2, 0.25) is 5.91 Å². The summed E-state index contributed by atoms with van der Waals surface area (Å²) in [5.41, 5.74) is 1.09. The fourth-order valence-electron chi connectivity index (χ4n) is 3.67. The molecule has 6 heteroatoms. The van der Waals surface area contributed by atoms with Crippen LogP contribution in [0.25, 0.3) is 0 Å². The second kappa shape index (κ2) is 6.84. The van der Waals surface area contributed by atoms with E-state index >= 15 is 0 Å². The van der Waals surface area contributed by atoms with Gasteiger partial charge in [0.15, 0.2) is 0 Å². The molecule has 2 saturated heterocycles. The number of rotatable bonds is 3. The highest BCUT2D eigenvalue weighted by Gasteiger charge is 2.34. The van der Waals surface area contributed by atoms with Gasteiger partial charge in [-0.15, -0.1) is 12.4 Å². The van der Waals surface area contributed by atoms with E-state index < -0.39 is 0 Å². The zero-order valence-electron chi connectivity index (χ0n) is 13.1. The van der Waals surface area contributed by atoms with Crippen LogP contribution in [0.1, 0.15) is 37.7 Å². The van der Waals surface area contributed by atoms with Crippen molar-refractivity contribution in [3.8, 4) is 0 Å². The predicted octanol–water partition coefficient (Wildman–Crippen LogP) is 1.97. The average Bonchev–Trinajstić information content (AvgIpc) is 2.78. The number of piperidine rings is 1. The summed E-state index contributed by atoms with van der Waals surface area (Å²) in [6.45, 7) is 1.85. The van der Waals surface area contributed by atoms with E-state index in [2.05, 4.69) is 10.6 Å². The largest absolute Gasteiger partial charge is 0.321 e. The summed E-state index contributed by atoms with van der Waals surface area (Å²) < 4.78 is 1.49. The van der Waals surface area contributed by atoms with Crippen molar-refractivity contribution in [2.24, 2.45) is 13.0 Å². The van der Waals surface area contributed by atoms with Gasteiger partial charge in [0.25, 0.3) is 5.56 Å². The summed E-state index contributed by atoms with van der Waals surface area (Å²) in [4.78, 5) is 24.3. The van der Waals surface area contributed by atoms with Crippen molar-refractivity contribution in [3.63, 3.8) is 0 Å². The van der Waals surface area contributed by atoms with E-state index in [-0.39, 0.29) is 23.9 Å². The first kappa shape index (κ1) is 17.0. The van der Waals surface area contributed by atoms with E-state index in [0.29, 0.717) is 30.1 Å². The van der Waals surface area contributed by atoms with Gasteiger partial charge in [0.1, 0.15) is 5.69 Å². The summed E-state index contributed by atoms with van der Waals surface area (Å²) >= 11 is 0. The van der Waals surface area contributed by atoms with E-state index in [1.807, 2.05) is 13.0 Å². The maximum absolute atomic E-state index is 12.3. The number of anilines is 1. The number of halogens is 1. The third-order valence-electron chi connectivity index (χ3n) is 4.79. The van der Waals surface area contributed by atoms with E-state index in [1.165, 1.54) is 17.4 Å². The molecule has 5 nitrogen and oxygen atoms in total. The molecule has 1 aromatic heterocycles. The van der Waals surface area contributed by atoms with Gasteiger partial charge in [-0.05, 0) is 50.2 Å². The number of nitrogens with zero attached hydrogens (tertiary/aromatic N) is 1. The Labute approximate surface area is 136 Å². The van der Waals surface area contributed by atoms with Gasteiger partial charge >= 0.3 is 0 Å². The summed E-state index contributed by atoms with van der Waals surface area (Å²) in [7, 11) is 1.70. The smallest absolute Gasteiger partial charge is 0.274 e. The van der Waals surface area contributed by atoms with Crippen molar-refractivity contribution in [1.82, 2.24) is 9.88 Å². The minimum atomic E-state index is -0.145. The molecule has 3 rings (SSSR count). The Hall–Kier alpha value is -1.33. The van der Waals surface area contributed by atoms with Crippen LogP contribution in [0.5, 0.6) is 0 Å². The number of hydrogen-bond acceptors (Lipinski definition) is 3. The highest BCUT2D eigenvalue weighted by molar-refractivity contribution is 5.91. The van der Waals surface area contributed by atoms with E-state index in [9.17, 15) is 9.59 Å². The summed E-state index contributed by atoms with van der Waals surface area (Å²) in [6.07, 6.45) is 6.87. The number of pyridine rings is 1. The molecule has 3 heterocycles. The second-order valence-electron chi connectivity index (χ2n) is 6.52. The molecule has 2 atom stereocenters. The van der Waals surface area contributed by atoms with Crippen molar-refractivity contribution in [3.05, 3.63) is 28.2 Å². The molecule has 2 aliphatic rings. The Morgan fingerprint density at radius 3 is 2.64 bits per heavy atom. The number of fused-ring (bicyclic) bond motifs is 2. The molecule has 22 heavy (non-hydrogen) atoms. The normalized spacial score (nSPS) is 26.4. The minimum Gasteiger partial charge on any atom is -0.321 e. The van der Waals surface area contributed by atoms with Gasteiger partial charge in [0.05, 0.1) is 0 Å². The molecule has 2 N–H and O–H groups in total. The molecule has 1 aromatic rings. The van der Waals surface area contributed by atoms with E-state index in [1.54, 1.807) is 13.2 Å². The first-order valence-electron chi connectivity index (χ1n) is 7.75. The number of aromatic nitrogens is 1. The predicted molar refractivity (Wildman–Crippen MR) is 89.6 cm³/mol. The third-order valence-corrected chi connectivity index (χ3v) is 4.79. The lowest BCUT2D eigenvalue weighted by Crippen LogP contribution is -2.39. The van der Waals surface area contributed by atoms with Gasteiger partial charge in [0, 0.05) is 31.7 Å². The van der Waals surface area contributed by atoms with Crippen molar-refractivity contribution in [1.29, 1.82) is 0 Å². The van der Waals surface area contributed by atoms with Crippen LogP contribution in [0.2, 0.25) is 0 Å². The summed E-state index contributed by atoms with van der Waals surface area (Å²) in [5.74, 6) is 0.407. The Morgan fingerprint density at radius 2 is 2.00 bits per heavy atom. The highest BCUT2D eigenvalue weighted by atomic mass is 35.5. The number of amides is 1. The van der Waals surface area contributed by atoms with Crippen LogP contribution in [0.4, 0.5) is 5.69 Å². The number of hydrogen-bond donors (Lipinski definition) is 2. The van der Waals surface area contributed by atoms with Gasteiger partial charge in [-0.25, -0.2) is 0 Å².